The van der Waals surface area contributed by atoms with E-state index in [4.69, 9.17) is 0 Å². The highest BCUT2D eigenvalue weighted by Crippen LogP contribution is 2.42. The van der Waals surface area contributed by atoms with Crippen molar-refractivity contribution in [1.82, 2.24) is 0 Å². The molecule has 2 rings (SSSR count). The number of aliphatic hydroxyl groups excluding tert-OH is 3. The van der Waals surface area contributed by atoms with Gasteiger partial charge in [0.1, 0.15) is 6.10 Å². The van der Waals surface area contributed by atoms with E-state index in [1.165, 1.54) is 22.3 Å². The molecule has 3 heteroatoms. The molecular weight excluding hydrogens is 528 g/mol. The van der Waals surface area contributed by atoms with Crippen LogP contribution in [0.2, 0.25) is 0 Å². The molecule has 3 nitrogen and oxygen atoms in total. The minimum absolute atomic E-state index is 0.00247. The van der Waals surface area contributed by atoms with Gasteiger partial charge in [-0.25, -0.2) is 0 Å². The highest BCUT2D eigenvalue weighted by Gasteiger charge is 2.36. The number of allylic oxidation sites excluding steroid dienone is 20. The number of hydrogen-bond donors (Lipinski definition) is 3. The largest absolute Gasteiger partial charge is 0.393 e. The SMILES string of the molecule is CC(C=CC=C(C)C=CC1=C(C)CC(O)CC1(C)C)=CC=CC=C(C)C=CC=C(C)C=CC1=C(C)C(O)C(O)CC1(C)C. The zero-order chi connectivity index (χ0) is 32.4. The van der Waals surface area contributed by atoms with Gasteiger partial charge in [-0.1, -0.05) is 141 Å². The number of rotatable bonds is 10. The maximum absolute atomic E-state index is 10.3. The van der Waals surface area contributed by atoms with E-state index in [1.54, 1.807) is 0 Å². The first-order valence-corrected chi connectivity index (χ1v) is 15.6. The van der Waals surface area contributed by atoms with Gasteiger partial charge in [0.2, 0.25) is 0 Å². The Labute approximate surface area is 262 Å². The molecule has 0 aromatic heterocycles. The molecule has 0 saturated carbocycles. The first-order chi connectivity index (χ1) is 20.0. The van der Waals surface area contributed by atoms with Crippen LogP contribution < -0.4 is 0 Å². The minimum atomic E-state index is -0.792. The number of aliphatic hydroxyl groups is 3. The summed E-state index contributed by atoms with van der Waals surface area (Å²) in [5.74, 6) is 0. The topological polar surface area (TPSA) is 60.7 Å². The molecule has 0 aliphatic heterocycles. The summed E-state index contributed by atoms with van der Waals surface area (Å²) in [5, 5.41) is 30.5. The van der Waals surface area contributed by atoms with E-state index in [0.717, 1.165) is 35.1 Å². The van der Waals surface area contributed by atoms with Crippen molar-refractivity contribution < 1.29 is 15.3 Å². The Morgan fingerprint density at radius 3 is 1.51 bits per heavy atom. The quantitative estimate of drug-likeness (QED) is 0.224. The Bertz CT molecular complexity index is 1330. The average Bonchev–Trinajstić information content (AvgIpc) is 2.88. The van der Waals surface area contributed by atoms with Crippen LogP contribution in [0.15, 0.2) is 130 Å². The molecule has 3 unspecified atom stereocenters. The van der Waals surface area contributed by atoms with Crippen molar-refractivity contribution in [3.8, 4) is 0 Å². The third-order valence-corrected chi connectivity index (χ3v) is 8.45. The van der Waals surface area contributed by atoms with E-state index < -0.39 is 12.2 Å². The second-order valence-corrected chi connectivity index (χ2v) is 13.7. The van der Waals surface area contributed by atoms with Gasteiger partial charge < -0.3 is 15.3 Å². The Morgan fingerprint density at radius 2 is 1.02 bits per heavy atom. The van der Waals surface area contributed by atoms with Crippen molar-refractivity contribution in [2.75, 3.05) is 0 Å². The third-order valence-electron chi connectivity index (χ3n) is 8.45. The van der Waals surface area contributed by atoms with E-state index in [9.17, 15) is 15.3 Å². The normalized spacial score (nSPS) is 26.5. The van der Waals surface area contributed by atoms with Gasteiger partial charge in [0.05, 0.1) is 12.2 Å². The molecule has 0 amide bonds. The van der Waals surface area contributed by atoms with Crippen molar-refractivity contribution in [3.63, 3.8) is 0 Å². The first-order valence-electron chi connectivity index (χ1n) is 15.6. The van der Waals surface area contributed by atoms with Crippen LogP contribution in [0, 0.1) is 10.8 Å². The fourth-order valence-electron chi connectivity index (χ4n) is 6.03. The molecule has 0 radical (unpaired) electrons. The zero-order valence-corrected chi connectivity index (χ0v) is 28.3. The molecule has 3 N–H and O–H groups in total. The van der Waals surface area contributed by atoms with E-state index in [1.807, 2.05) is 6.92 Å². The summed E-state index contributed by atoms with van der Waals surface area (Å²) in [6.45, 7) is 21.0. The predicted octanol–water partition coefficient (Wildman–Crippen LogP) is 9.52. The molecule has 0 aromatic carbocycles. The zero-order valence-electron chi connectivity index (χ0n) is 28.3. The Balaban J connectivity index is 1.92. The third kappa shape index (κ3) is 11.6. The van der Waals surface area contributed by atoms with E-state index in [-0.39, 0.29) is 16.9 Å². The van der Waals surface area contributed by atoms with Gasteiger partial charge in [-0.2, -0.15) is 0 Å². The van der Waals surface area contributed by atoms with Crippen LogP contribution in [0.25, 0.3) is 0 Å². The van der Waals surface area contributed by atoms with Crippen LogP contribution in [-0.4, -0.2) is 33.6 Å². The number of hydrogen-bond acceptors (Lipinski definition) is 3. The van der Waals surface area contributed by atoms with E-state index >= 15 is 0 Å². The van der Waals surface area contributed by atoms with Crippen LogP contribution >= 0.6 is 0 Å². The van der Waals surface area contributed by atoms with Gasteiger partial charge in [0.15, 0.2) is 0 Å². The van der Waals surface area contributed by atoms with Crippen molar-refractivity contribution in [1.29, 1.82) is 0 Å². The molecule has 2 aliphatic rings. The van der Waals surface area contributed by atoms with Crippen LogP contribution in [0.4, 0.5) is 0 Å². The van der Waals surface area contributed by atoms with Crippen molar-refractivity contribution >= 4 is 0 Å². The van der Waals surface area contributed by atoms with Crippen molar-refractivity contribution in [3.05, 3.63) is 130 Å². The molecule has 0 saturated heterocycles. The van der Waals surface area contributed by atoms with Gasteiger partial charge in [0.25, 0.3) is 0 Å². The Hall–Kier alpha value is -2.98. The Morgan fingerprint density at radius 1 is 0.605 bits per heavy atom. The molecule has 0 aromatic rings. The fraction of sp³-hybridized carbons (Fsp3) is 0.450. The lowest BCUT2D eigenvalue weighted by Crippen LogP contribution is -2.38. The predicted molar refractivity (Wildman–Crippen MR) is 186 cm³/mol. The second-order valence-electron chi connectivity index (χ2n) is 13.7. The summed E-state index contributed by atoms with van der Waals surface area (Å²) in [4.78, 5) is 0. The molecule has 0 fully saturated rings. The summed E-state index contributed by atoms with van der Waals surface area (Å²) in [6, 6.07) is 0. The second kappa shape index (κ2) is 16.2. The maximum atomic E-state index is 10.3. The molecule has 234 valence electrons. The van der Waals surface area contributed by atoms with Gasteiger partial charge in [-0.05, 0) is 88.4 Å². The molecule has 0 bridgehead atoms. The van der Waals surface area contributed by atoms with Crippen molar-refractivity contribution in [2.24, 2.45) is 10.8 Å². The van der Waals surface area contributed by atoms with Crippen LogP contribution in [0.3, 0.4) is 0 Å². The average molecular weight is 585 g/mol. The molecule has 3 atom stereocenters. The smallest absolute Gasteiger partial charge is 0.101 e. The molecule has 43 heavy (non-hydrogen) atoms. The molecule has 2 aliphatic carbocycles. The lowest BCUT2D eigenvalue weighted by atomic mass is 9.70. The summed E-state index contributed by atoms with van der Waals surface area (Å²) < 4.78 is 0. The fourth-order valence-corrected chi connectivity index (χ4v) is 6.03. The van der Waals surface area contributed by atoms with Crippen LogP contribution in [-0.2, 0) is 0 Å². The minimum Gasteiger partial charge on any atom is -0.393 e. The first kappa shape index (κ1) is 36.2. The maximum Gasteiger partial charge on any atom is 0.101 e. The van der Waals surface area contributed by atoms with Crippen molar-refractivity contribution in [2.45, 2.75) is 107 Å². The summed E-state index contributed by atoms with van der Waals surface area (Å²) in [6.07, 6.45) is 29.8. The van der Waals surface area contributed by atoms with Gasteiger partial charge in [0, 0.05) is 0 Å². The Kier molecular flexibility index (Phi) is 13.6. The standard InChI is InChI=1S/C40H56O3/c1-28(17-13-19-30(3)21-23-35-32(5)25-34(41)26-39(35,7)8)15-11-12-16-29(2)18-14-20-31(4)22-24-36-33(6)38(43)37(42)27-40(36,9)10/h11-24,34,37-38,41-43H,25-27H2,1-10H3. The van der Waals surface area contributed by atoms with E-state index in [0.29, 0.717) is 6.42 Å². The van der Waals surface area contributed by atoms with Gasteiger partial charge >= 0.3 is 0 Å². The van der Waals surface area contributed by atoms with Crippen LogP contribution in [0.1, 0.15) is 88.5 Å². The molecular formula is C40H56O3. The lowest BCUT2D eigenvalue weighted by molar-refractivity contribution is 0.00686. The monoisotopic (exact) mass is 584 g/mol. The van der Waals surface area contributed by atoms with Gasteiger partial charge in [-0.15, -0.1) is 0 Å². The van der Waals surface area contributed by atoms with Crippen LogP contribution in [0.5, 0.6) is 0 Å². The highest BCUT2D eigenvalue weighted by atomic mass is 16.3. The summed E-state index contributed by atoms with van der Waals surface area (Å²) >= 11 is 0. The van der Waals surface area contributed by atoms with E-state index in [2.05, 4.69) is 147 Å². The lowest BCUT2D eigenvalue weighted by Gasteiger charge is -2.38. The molecule has 0 heterocycles. The summed E-state index contributed by atoms with van der Waals surface area (Å²) in [5.41, 5.74) is 9.02. The van der Waals surface area contributed by atoms with Gasteiger partial charge in [-0.3, -0.25) is 0 Å². The summed E-state index contributed by atoms with van der Waals surface area (Å²) in [7, 11) is 0. The molecule has 0 spiro atoms. The highest BCUT2D eigenvalue weighted by molar-refractivity contribution is 5.40.